The summed E-state index contributed by atoms with van der Waals surface area (Å²) in [7, 11) is 0. The summed E-state index contributed by atoms with van der Waals surface area (Å²) >= 11 is 0. The number of anilines is 1. The zero-order valence-corrected chi connectivity index (χ0v) is 20.7. The lowest BCUT2D eigenvalue weighted by Gasteiger charge is -2.18. The molecule has 0 spiro atoms. The van der Waals surface area contributed by atoms with Gasteiger partial charge in [0, 0.05) is 30.5 Å². The van der Waals surface area contributed by atoms with Crippen LogP contribution in [-0.4, -0.2) is 71.2 Å². The Morgan fingerprint density at radius 3 is 2.50 bits per heavy atom. The van der Waals surface area contributed by atoms with Gasteiger partial charge in [-0.1, -0.05) is 13.0 Å². The van der Waals surface area contributed by atoms with E-state index in [4.69, 9.17) is 15.3 Å². The number of aliphatic hydroxyl groups is 1. The molecular formula is C24H31N5O7. The molecule has 0 fully saturated rings. The fourth-order valence-electron chi connectivity index (χ4n) is 3.18. The van der Waals surface area contributed by atoms with Crippen LogP contribution in [-0.2, 0) is 14.3 Å². The van der Waals surface area contributed by atoms with Crippen molar-refractivity contribution in [2.24, 2.45) is 0 Å². The monoisotopic (exact) mass is 501 g/mol. The molecule has 3 amide bonds. The Hall–Kier alpha value is -4.19. The van der Waals surface area contributed by atoms with Gasteiger partial charge in [-0.3, -0.25) is 15.0 Å². The summed E-state index contributed by atoms with van der Waals surface area (Å²) in [5, 5.41) is 22.9. The molecule has 2 aromatic rings. The Morgan fingerprint density at radius 2 is 1.86 bits per heavy atom. The number of amidine groups is 1. The number of esters is 1. The highest BCUT2D eigenvalue weighted by atomic mass is 16.7. The van der Waals surface area contributed by atoms with Gasteiger partial charge in [-0.2, -0.15) is 0 Å². The van der Waals surface area contributed by atoms with Gasteiger partial charge in [-0.15, -0.1) is 0 Å². The third-order valence-corrected chi connectivity index (χ3v) is 5.23. The summed E-state index contributed by atoms with van der Waals surface area (Å²) in [4.78, 5) is 52.2. The topological polar surface area (TPSA) is 174 Å². The van der Waals surface area contributed by atoms with E-state index in [0.29, 0.717) is 29.1 Å². The van der Waals surface area contributed by atoms with E-state index in [1.54, 1.807) is 32.0 Å². The number of hydrogen-bond acceptors (Lipinski definition) is 8. The van der Waals surface area contributed by atoms with E-state index in [0.717, 1.165) is 16.9 Å². The van der Waals surface area contributed by atoms with Crippen molar-refractivity contribution in [1.82, 2.24) is 15.2 Å². The van der Waals surface area contributed by atoms with E-state index in [-0.39, 0.29) is 23.9 Å². The number of aryl methyl sites for hydroxylation is 1. The minimum absolute atomic E-state index is 0.0205. The lowest BCUT2D eigenvalue weighted by atomic mass is 10.1. The average Bonchev–Trinajstić information content (AvgIpc) is 3.25. The summed E-state index contributed by atoms with van der Waals surface area (Å²) in [6, 6.07) is 5.13. The minimum Gasteiger partial charge on any atom is -0.426 e. The summed E-state index contributed by atoms with van der Waals surface area (Å²) in [5.74, 6) is -1.90. The molecule has 0 bridgehead atoms. The third kappa shape index (κ3) is 6.92. The van der Waals surface area contributed by atoms with E-state index in [1.807, 2.05) is 13.8 Å². The predicted molar refractivity (Wildman–Crippen MR) is 131 cm³/mol. The van der Waals surface area contributed by atoms with Gasteiger partial charge >= 0.3 is 12.1 Å². The number of aromatic amines is 1. The first kappa shape index (κ1) is 28.1. The van der Waals surface area contributed by atoms with Crippen LogP contribution in [0.4, 0.5) is 10.5 Å². The highest BCUT2D eigenvalue weighted by Crippen LogP contribution is 2.21. The molecule has 36 heavy (non-hydrogen) atoms. The second-order valence-electron chi connectivity index (χ2n) is 7.74. The number of hydrogen-bond donors (Lipinski definition) is 5. The van der Waals surface area contributed by atoms with Crippen molar-refractivity contribution >= 4 is 35.4 Å². The highest BCUT2D eigenvalue weighted by molar-refractivity contribution is 6.10. The van der Waals surface area contributed by atoms with Gasteiger partial charge in [0.05, 0.1) is 11.3 Å². The van der Waals surface area contributed by atoms with E-state index < -0.39 is 31.4 Å². The molecular weight excluding hydrogens is 470 g/mol. The second-order valence-corrected chi connectivity index (χ2v) is 7.74. The molecule has 2 rings (SSSR count). The molecule has 0 aliphatic rings. The van der Waals surface area contributed by atoms with Crippen LogP contribution in [0.15, 0.2) is 24.4 Å². The molecule has 12 heteroatoms. The van der Waals surface area contributed by atoms with Crippen molar-refractivity contribution in [3.8, 4) is 0 Å². The molecule has 194 valence electrons. The van der Waals surface area contributed by atoms with Crippen LogP contribution in [0.5, 0.6) is 0 Å². The van der Waals surface area contributed by atoms with E-state index in [9.17, 15) is 19.2 Å². The molecule has 1 aromatic carbocycles. The van der Waals surface area contributed by atoms with Gasteiger partial charge in [0.1, 0.15) is 12.4 Å². The van der Waals surface area contributed by atoms with Crippen molar-refractivity contribution < 1.29 is 33.8 Å². The lowest BCUT2D eigenvalue weighted by molar-refractivity contribution is -0.155. The van der Waals surface area contributed by atoms with Gasteiger partial charge < -0.3 is 30.2 Å². The van der Waals surface area contributed by atoms with Gasteiger partial charge in [0.15, 0.2) is 0 Å². The van der Waals surface area contributed by atoms with Crippen LogP contribution in [0, 0.1) is 19.3 Å². The van der Waals surface area contributed by atoms with Crippen LogP contribution in [0.2, 0.25) is 0 Å². The summed E-state index contributed by atoms with van der Waals surface area (Å²) in [6.07, 6.45) is 1.16. The van der Waals surface area contributed by atoms with Gasteiger partial charge in [0.2, 0.25) is 6.79 Å². The normalized spacial score (nSPS) is 10.4. The van der Waals surface area contributed by atoms with E-state index in [2.05, 4.69) is 20.4 Å². The Balaban J connectivity index is 2.16. The molecule has 5 N–H and O–H groups in total. The van der Waals surface area contributed by atoms with E-state index in [1.165, 1.54) is 6.20 Å². The molecule has 12 nitrogen and oxygen atoms in total. The number of carbonyl (C=O) groups is 4. The van der Waals surface area contributed by atoms with Crippen molar-refractivity contribution in [3.63, 3.8) is 0 Å². The first-order valence-corrected chi connectivity index (χ1v) is 11.3. The average molecular weight is 502 g/mol. The second kappa shape index (κ2) is 13.0. The third-order valence-electron chi connectivity index (χ3n) is 5.23. The Labute approximate surface area is 208 Å². The highest BCUT2D eigenvalue weighted by Gasteiger charge is 2.27. The van der Waals surface area contributed by atoms with Gasteiger partial charge in [0.25, 0.3) is 11.8 Å². The van der Waals surface area contributed by atoms with Gasteiger partial charge in [-0.25, -0.2) is 14.5 Å². The van der Waals surface area contributed by atoms with Crippen LogP contribution >= 0.6 is 0 Å². The van der Waals surface area contributed by atoms with Crippen LogP contribution in [0.25, 0.3) is 0 Å². The van der Waals surface area contributed by atoms with Crippen molar-refractivity contribution in [3.05, 3.63) is 52.3 Å². The van der Waals surface area contributed by atoms with Gasteiger partial charge in [-0.05, 0) is 50.5 Å². The minimum atomic E-state index is -1.03. The van der Waals surface area contributed by atoms with Crippen molar-refractivity contribution in [2.75, 3.05) is 31.8 Å². The maximum Gasteiger partial charge on any atom is 0.419 e. The van der Waals surface area contributed by atoms with Crippen LogP contribution in [0.3, 0.4) is 0 Å². The zero-order chi connectivity index (χ0) is 26.8. The maximum atomic E-state index is 13.0. The standard InChI is InChI=1S/C24H31N5O7/c1-5-9-26-22(32)16-8-7-14(3)18(10-16)28-21(25)20-15(4)17(11-27-20)23(33)29(6-2)24(34)36-13-35-19(31)12-30/h7-8,10-11,27,30H,5-6,9,12-13H2,1-4H3,(H2,25,28)(H,26,32). The molecule has 0 aliphatic carbocycles. The summed E-state index contributed by atoms with van der Waals surface area (Å²) in [5.41, 5.74) is 2.71. The Morgan fingerprint density at radius 1 is 1.14 bits per heavy atom. The number of aromatic nitrogens is 1. The number of carbonyl (C=O) groups excluding carboxylic acids is 4. The molecule has 0 unspecified atom stereocenters. The lowest BCUT2D eigenvalue weighted by Crippen LogP contribution is -2.38. The summed E-state index contributed by atoms with van der Waals surface area (Å²) < 4.78 is 9.24. The Bertz CT molecular complexity index is 1140. The Kier molecular flexibility index (Phi) is 10.2. The number of amides is 3. The molecule has 0 atom stereocenters. The smallest absolute Gasteiger partial charge is 0.419 e. The van der Waals surface area contributed by atoms with E-state index >= 15 is 0 Å². The number of benzene rings is 1. The van der Waals surface area contributed by atoms with Crippen molar-refractivity contribution in [2.45, 2.75) is 34.1 Å². The number of imide groups is 1. The zero-order valence-electron chi connectivity index (χ0n) is 20.7. The first-order chi connectivity index (χ1) is 17.1. The molecule has 1 heterocycles. The molecule has 1 aromatic heterocycles. The number of ether oxygens (including phenoxy) is 2. The maximum absolute atomic E-state index is 13.0. The van der Waals surface area contributed by atoms with Crippen LogP contribution < -0.4 is 10.6 Å². The first-order valence-electron chi connectivity index (χ1n) is 11.3. The van der Waals surface area contributed by atoms with Crippen LogP contribution in [0.1, 0.15) is 57.8 Å². The number of nitrogens with zero attached hydrogens (tertiary/aromatic N) is 1. The molecule has 0 radical (unpaired) electrons. The number of rotatable bonds is 10. The molecule has 0 saturated heterocycles. The number of H-pyrrole nitrogens is 1. The molecule has 0 aliphatic heterocycles. The van der Waals surface area contributed by atoms with Crippen molar-refractivity contribution in [1.29, 1.82) is 5.41 Å². The number of aliphatic hydroxyl groups excluding tert-OH is 1. The quantitative estimate of drug-likeness (QED) is 0.143. The fourth-order valence-corrected chi connectivity index (χ4v) is 3.18. The predicted octanol–water partition coefficient (Wildman–Crippen LogP) is 2.30. The largest absolute Gasteiger partial charge is 0.426 e. The SMILES string of the molecule is CCCNC(=O)c1ccc(C)c(NC(=N)c2[nH]cc(C(=O)N(CC)C(=O)OCOC(=O)CO)c2C)c1. The molecule has 0 saturated carbocycles. The number of nitrogens with one attached hydrogen (secondary N) is 4. The summed E-state index contributed by atoms with van der Waals surface area (Å²) in [6.45, 7) is 5.91. The fraction of sp³-hybridized carbons (Fsp3) is 0.375.